The molecule has 2 aromatic heterocycles. The Balaban J connectivity index is 1.81. The minimum absolute atomic E-state index is 0.211. The molecule has 0 spiro atoms. The molecule has 9 heteroatoms. The van der Waals surface area contributed by atoms with E-state index < -0.39 is 12.0 Å². The average Bonchev–Trinajstić information content (AvgIpc) is 3.57. The summed E-state index contributed by atoms with van der Waals surface area (Å²) in [6, 6.07) is 16.4. The standard InChI is InChI=1S/C29H26N2O5S2/c1-5-36-28(33)24-25(18-10-7-6-8-11-18)30-29-31(26(24)22-12-9-13-37-22)27(32)23(38-29)16-20-17(2)14-19(34-3)15-21(20)35-4/h6-16,26H,5H2,1-4H3. The number of nitrogens with zero attached hydrogens (tertiary/aromatic N) is 2. The van der Waals surface area contributed by atoms with Crippen LogP contribution in [0.25, 0.3) is 11.8 Å². The van der Waals surface area contributed by atoms with E-state index >= 15 is 0 Å². The fourth-order valence-corrected chi connectivity index (χ4v) is 6.30. The zero-order valence-corrected chi connectivity index (χ0v) is 23.0. The molecule has 1 atom stereocenters. The molecule has 3 heterocycles. The van der Waals surface area contributed by atoms with Gasteiger partial charge in [0.25, 0.3) is 5.56 Å². The molecule has 194 valence electrons. The monoisotopic (exact) mass is 546 g/mol. The highest BCUT2D eigenvalue weighted by molar-refractivity contribution is 7.10. The van der Waals surface area contributed by atoms with E-state index in [1.807, 2.05) is 66.9 Å². The van der Waals surface area contributed by atoms with Crippen LogP contribution in [0.3, 0.4) is 0 Å². The molecule has 0 amide bonds. The Labute approximate surface area is 227 Å². The van der Waals surface area contributed by atoms with Crippen molar-refractivity contribution >= 4 is 40.4 Å². The van der Waals surface area contributed by atoms with Gasteiger partial charge < -0.3 is 14.2 Å². The van der Waals surface area contributed by atoms with Gasteiger partial charge in [-0.15, -0.1) is 11.3 Å². The van der Waals surface area contributed by atoms with E-state index in [0.717, 1.165) is 21.6 Å². The van der Waals surface area contributed by atoms with E-state index in [2.05, 4.69) is 0 Å². The molecule has 0 N–H and O–H groups in total. The second-order valence-corrected chi connectivity index (χ2v) is 10.5. The van der Waals surface area contributed by atoms with Gasteiger partial charge >= 0.3 is 5.97 Å². The normalized spacial score (nSPS) is 15.2. The van der Waals surface area contributed by atoms with Crippen molar-refractivity contribution in [1.29, 1.82) is 0 Å². The van der Waals surface area contributed by atoms with Crippen molar-refractivity contribution in [2.45, 2.75) is 19.9 Å². The van der Waals surface area contributed by atoms with E-state index in [4.69, 9.17) is 19.2 Å². The van der Waals surface area contributed by atoms with Crippen LogP contribution >= 0.6 is 22.7 Å². The Morgan fingerprint density at radius 1 is 1.11 bits per heavy atom. The number of aromatic nitrogens is 1. The molecular formula is C29H26N2O5S2. The van der Waals surface area contributed by atoms with Gasteiger partial charge in [-0.3, -0.25) is 9.36 Å². The number of hydrogen-bond acceptors (Lipinski definition) is 8. The molecule has 4 aromatic rings. The predicted octanol–water partition coefficient (Wildman–Crippen LogP) is 4.32. The summed E-state index contributed by atoms with van der Waals surface area (Å²) >= 11 is 2.76. The maximum Gasteiger partial charge on any atom is 0.338 e. The largest absolute Gasteiger partial charge is 0.497 e. The van der Waals surface area contributed by atoms with Crippen LogP contribution in [0.1, 0.15) is 34.5 Å². The van der Waals surface area contributed by atoms with Gasteiger partial charge in [0.05, 0.1) is 36.6 Å². The molecule has 1 aliphatic heterocycles. The molecule has 0 bridgehead atoms. The maximum absolute atomic E-state index is 14.0. The van der Waals surface area contributed by atoms with Crippen molar-refractivity contribution in [3.05, 3.63) is 107 Å². The van der Waals surface area contributed by atoms with Crippen LogP contribution in [-0.2, 0) is 9.53 Å². The van der Waals surface area contributed by atoms with E-state index in [-0.39, 0.29) is 12.2 Å². The van der Waals surface area contributed by atoms with Gasteiger partial charge in [-0.25, -0.2) is 9.79 Å². The molecule has 7 nitrogen and oxygen atoms in total. The molecule has 1 unspecified atom stereocenters. The molecule has 2 aromatic carbocycles. The van der Waals surface area contributed by atoms with Crippen LogP contribution in [0.2, 0.25) is 0 Å². The lowest BCUT2D eigenvalue weighted by atomic mass is 9.97. The summed E-state index contributed by atoms with van der Waals surface area (Å²) in [6.45, 7) is 3.91. The molecule has 5 rings (SSSR count). The van der Waals surface area contributed by atoms with Crippen LogP contribution in [-0.4, -0.2) is 31.4 Å². The number of methoxy groups -OCH3 is 2. The number of rotatable bonds is 7. The maximum atomic E-state index is 14.0. The summed E-state index contributed by atoms with van der Waals surface area (Å²) in [6.07, 6.45) is 1.82. The molecule has 0 saturated carbocycles. The first-order valence-corrected chi connectivity index (χ1v) is 13.7. The number of carbonyl (C=O) groups is 1. The third-order valence-electron chi connectivity index (χ3n) is 6.24. The van der Waals surface area contributed by atoms with Gasteiger partial charge in [-0.1, -0.05) is 47.7 Å². The van der Waals surface area contributed by atoms with Gasteiger partial charge in [0.2, 0.25) is 0 Å². The Morgan fingerprint density at radius 3 is 2.55 bits per heavy atom. The van der Waals surface area contributed by atoms with Gasteiger partial charge in [-0.2, -0.15) is 0 Å². The lowest BCUT2D eigenvalue weighted by molar-refractivity contribution is -0.138. The van der Waals surface area contributed by atoms with E-state index in [9.17, 15) is 9.59 Å². The number of thiazole rings is 1. The van der Waals surface area contributed by atoms with Crippen molar-refractivity contribution in [3.8, 4) is 11.5 Å². The summed E-state index contributed by atoms with van der Waals surface area (Å²) < 4.78 is 18.6. The quantitative estimate of drug-likeness (QED) is 0.323. The highest BCUT2D eigenvalue weighted by Gasteiger charge is 2.35. The number of hydrogen-bond donors (Lipinski definition) is 0. The summed E-state index contributed by atoms with van der Waals surface area (Å²) in [7, 11) is 3.18. The van der Waals surface area contributed by atoms with Crippen molar-refractivity contribution in [1.82, 2.24) is 4.57 Å². The van der Waals surface area contributed by atoms with Crippen LogP contribution < -0.4 is 24.4 Å². The third kappa shape index (κ3) is 4.59. The minimum Gasteiger partial charge on any atom is -0.497 e. The van der Waals surface area contributed by atoms with Gasteiger partial charge in [0.1, 0.15) is 17.5 Å². The summed E-state index contributed by atoms with van der Waals surface area (Å²) in [5.41, 5.74) is 3.07. The molecule has 0 aliphatic carbocycles. The Morgan fingerprint density at radius 2 is 1.89 bits per heavy atom. The van der Waals surface area contributed by atoms with Crippen molar-refractivity contribution in [2.75, 3.05) is 20.8 Å². The zero-order valence-electron chi connectivity index (χ0n) is 21.4. The second kappa shape index (κ2) is 10.8. The van der Waals surface area contributed by atoms with Crippen LogP contribution in [0.4, 0.5) is 0 Å². The minimum atomic E-state index is -0.665. The SMILES string of the molecule is CCOC(=O)C1=C(c2ccccc2)N=c2sc(=Cc3c(C)cc(OC)cc3OC)c(=O)n2C1c1cccs1. The second-order valence-electron chi connectivity index (χ2n) is 8.51. The number of ether oxygens (including phenoxy) is 3. The zero-order chi connectivity index (χ0) is 26.8. The van der Waals surface area contributed by atoms with Crippen molar-refractivity contribution < 1.29 is 19.0 Å². The summed E-state index contributed by atoms with van der Waals surface area (Å²) in [5, 5.41) is 1.93. The lowest BCUT2D eigenvalue weighted by Gasteiger charge is -2.24. The highest BCUT2D eigenvalue weighted by atomic mass is 32.1. The molecule has 0 radical (unpaired) electrons. The van der Waals surface area contributed by atoms with Crippen LogP contribution in [0.15, 0.2) is 75.3 Å². The third-order valence-corrected chi connectivity index (χ3v) is 8.15. The Hall–Kier alpha value is -3.95. The fraction of sp³-hybridized carbons (Fsp3) is 0.207. The number of aryl methyl sites for hydroxylation is 1. The van der Waals surface area contributed by atoms with Crippen LogP contribution in [0, 0.1) is 6.92 Å². The number of fused-ring (bicyclic) bond motifs is 1. The van der Waals surface area contributed by atoms with E-state index in [1.54, 1.807) is 31.8 Å². The van der Waals surface area contributed by atoms with Crippen molar-refractivity contribution in [3.63, 3.8) is 0 Å². The highest BCUT2D eigenvalue weighted by Crippen LogP contribution is 2.37. The molecular weight excluding hydrogens is 520 g/mol. The van der Waals surface area contributed by atoms with E-state index in [0.29, 0.717) is 32.1 Å². The molecule has 1 aliphatic rings. The van der Waals surface area contributed by atoms with Gasteiger partial charge in [0, 0.05) is 22.1 Å². The Kier molecular flexibility index (Phi) is 7.31. The smallest absolute Gasteiger partial charge is 0.338 e. The number of esters is 1. The first kappa shape index (κ1) is 25.7. The van der Waals surface area contributed by atoms with E-state index in [1.165, 1.54) is 22.7 Å². The first-order chi connectivity index (χ1) is 18.5. The summed E-state index contributed by atoms with van der Waals surface area (Å²) in [4.78, 5) is 33.6. The number of carbonyl (C=O) groups excluding carboxylic acids is 1. The fourth-order valence-electron chi connectivity index (χ4n) is 4.49. The summed E-state index contributed by atoms with van der Waals surface area (Å²) in [5.74, 6) is 0.775. The molecule has 0 fully saturated rings. The average molecular weight is 547 g/mol. The topological polar surface area (TPSA) is 79.1 Å². The lowest BCUT2D eigenvalue weighted by Crippen LogP contribution is -2.39. The van der Waals surface area contributed by atoms with Gasteiger partial charge in [0.15, 0.2) is 4.80 Å². The molecule has 38 heavy (non-hydrogen) atoms. The number of benzene rings is 2. The van der Waals surface area contributed by atoms with Crippen molar-refractivity contribution in [2.24, 2.45) is 4.99 Å². The van der Waals surface area contributed by atoms with Gasteiger partial charge in [-0.05, 0) is 43.0 Å². The predicted molar refractivity (Wildman–Crippen MR) is 150 cm³/mol. The first-order valence-electron chi connectivity index (χ1n) is 12.0. The Bertz CT molecular complexity index is 1700. The van der Waals surface area contributed by atoms with Crippen LogP contribution in [0.5, 0.6) is 11.5 Å². The molecule has 0 saturated heterocycles. The number of thiophene rings is 1.